The summed E-state index contributed by atoms with van der Waals surface area (Å²) in [7, 11) is 0. The molecule has 1 aromatic carbocycles. The van der Waals surface area contributed by atoms with Gasteiger partial charge in [0.2, 0.25) is 0 Å². The Labute approximate surface area is 85.5 Å². The number of carbonyl (C=O) groups is 1. The average molecular weight is 210 g/mol. The molecule has 2 atom stereocenters. The number of aliphatic hydroxyl groups is 1. The highest BCUT2D eigenvalue weighted by Crippen LogP contribution is 2.39. The molecule has 0 aromatic heterocycles. The number of ether oxygens (including phenoxy) is 1. The molecule has 80 valence electrons. The fourth-order valence-corrected chi connectivity index (χ4v) is 1.64. The fourth-order valence-electron chi connectivity index (χ4n) is 1.64. The largest absolute Gasteiger partial charge is 0.508 e. The molecule has 0 radical (unpaired) electrons. The number of aromatic hydroxyl groups is 2. The Balaban J connectivity index is 2.70. The van der Waals surface area contributed by atoms with E-state index in [1.807, 2.05) is 0 Å². The van der Waals surface area contributed by atoms with Crippen molar-refractivity contribution < 1.29 is 24.9 Å². The van der Waals surface area contributed by atoms with E-state index in [1.54, 1.807) is 0 Å². The quantitative estimate of drug-likeness (QED) is 0.433. The van der Waals surface area contributed by atoms with E-state index in [0.717, 1.165) is 0 Å². The summed E-state index contributed by atoms with van der Waals surface area (Å²) >= 11 is 0. The summed E-state index contributed by atoms with van der Waals surface area (Å²) in [5.74, 6) is -1.27. The maximum Gasteiger partial charge on any atom is 0.342 e. The van der Waals surface area contributed by atoms with E-state index >= 15 is 0 Å². The van der Waals surface area contributed by atoms with Crippen molar-refractivity contribution in [2.45, 2.75) is 19.1 Å². The fraction of sp³-hybridized carbons (Fsp3) is 0.300. The van der Waals surface area contributed by atoms with Crippen molar-refractivity contribution >= 4 is 5.97 Å². The lowest BCUT2D eigenvalue weighted by Gasteiger charge is -2.27. The van der Waals surface area contributed by atoms with Crippen molar-refractivity contribution in [2.75, 3.05) is 0 Å². The number of phenolic OH excluding ortho intramolecular Hbond substituents is 2. The summed E-state index contributed by atoms with van der Waals surface area (Å²) in [4.78, 5) is 11.4. The Morgan fingerprint density at radius 3 is 2.53 bits per heavy atom. The van der Waals surface area contributed by atoms with Gasteiger partial charge in [0, 0.05) is 5.56 Å². The summed E-state index contributed by atoms with van der Waals surface area (Å²) in [6.07, 6.45) is -1.86. The molecule has 1 aliphatic rings. The highest BCUT2D eigenvalue weighted by Gasteiger charge is 2.36. The van der Waals surface area contributed by atoms with Crippen LogP contribution in [-0.4, -0.2) is 27.4 Å². The number of carbonyl (C=O) groups excluding carboxylic acids is 1. The van der Waals surface area contributed by atoms with Crippen LogP contribution in [0.3, 0.4) is 0 Å². The molecule has 1 unspecified atom stereocenters. The first kappa shape index (κ1) is 9.79. The molecule has 0 amide bonds. The number of hydrogen-bond donors (Lipinski definition) is 3. The van der Waals surface area contributed by atoms with Gasteiger partial charge in [0.1, 0.15) is 29.3 Å². The Morgan fingerprint density at radius 1 is 1.27 bits per heavy atom. The summed E-state index contributed by atoms with van der Waals surface area (Å²) in [5, 5.41) is 28.6. The third-order valence-electron chi connectivity index (χ3n) is 2.44. The van der Waals surface area contributed by atoms with Gasteiger partial charge in [0.15, 0.2) is 0 Å². The lowest BCUT2D eigenvalue weighted by Crippen LogP contribution is -2.30. The molecule has 1 aromatic rings. The van der Waals surface area contributed by atoms with Crippen LogP contribution in [0.5, 0.6) is 11.5 Å². The van der Waals surface area contributed by atoms with Gasteiger partial charge < -0.3 is 20.1 Å². The zero-order valence-electron chi connectivity index (χ0n) is 7.97. The minimum Gasteiger partial charge on any atom is -0.508 e. The zero-order valence-corrected chi connectivity index (χ0v) is 7.97. The minimum absolute atomic E-state index is 0.0266. The number of rotatable bonds is 0. The lowest BCUT2D eigenvalue weighted by atomic mass is 9.94. The molecule has 1 heterocycles. The van der Waals surface area contributed by atoms with Gasteiger partial charge in [-0.25, -0.2) is 4.79 Å². The summed E-state index contributed by atoms with van der Waals surface area (Å²) < 4.78 is 4.80. The lowest BCUT2D eigenvalue weighted by molar-refractivity contribution is -0.0225. The van der Waals surface area contributed by atoms with Crippen molar-refractivity contribution in [1.29, 1.82) is 0 Å². The monoisotopic (exact) mass is 210 g/mol. The summed E-state index contributed by atoms with van der Waals surface area (Å²) in [6.45, 7) is 1.51. The van der Waals surface area contributed by atoms with Crippen LogP contribution in [-0.2, 0) is 4.74 Å². The maximum absolute atomic E-state index is 11.4. The molecule has 5 heteroatoms. The SMILES string of the molecule is C[C@@H]1OC(=O)c2c(O)ccc(O)c2C1O. The van der Waals surface area contributed by atoms with Crippen LogP contribution in [0.25, 0.3) is 0 Å². The van der Waals surface area contributed by atoms with Crippen LogP contribution in [0.1, 0.15) is 28.9 Å². The van der Waals surface area contributed by atoms with E-state index < -0.39 is 18.2 Å². The molecule has 1 aliphatic heterocycles. The van der Waals surface area contributed by atoms with Crippen molar-refractivity contribution in [2.24, 2.45) is 0 Å². The number of fused-ring (bicyclic) bond motifs is 1. The van der Waals surface area contributed by atoms with Crippen molar-refractivity contribution in [1.82, 2.24) is 0 Å². The van der Waals surface area contributed by atoms with Crippen LogP contribution in [0.2, 0.25) is 0 Å². The van der Waals surface area contributed by atoms with Crippen LogP contribution in [0, 0.1) is 0 Å². The van der Waals surface area contributed by atoms with Gasteiger partial charge in [-0.3, -0.25) is 0 Å². The third-order valence-corrected chi connectivity index (χ3v) is 2.44. The second-order valence-corrected chi connectivity index (χ2v) is 3.45. The first-order valence-electron chi connectivity index (χ1n) is 4.46. The van der Waals surface area contributed by atoms with Crippen LogP contribution < -0.4 is 0 Å². The summed E-state index contributed by atoms with van der Waals surface area (Å²) in [5.41, 5.74) is -0.139. The van der Waals surface area contributed by atoms with Gasteiger partial charge in [0.05, 0.1) is 0 Å². The number of cyclic esters (lactones) is 1. The number of esters is 1. The standard InChI is InChI=1S/C10H10O5/c1-4-9(13)7-5(11)2-3-6(12)8(7)10(14)15-4/h2-4,9,11-13H,1H3/t4-,9?/m0/s1. The Bertz CT molecular complexity index is 426. The number of benzene rings is 1. The minimum atomic E-state index is -1.12. The molecule has 0 bridgehead atoms. The summed E-state index contributed by atoms with van der Waals surface area (Å²) in [6, 6.07) is 2.40. The number of aliphatic hydroxyl groups excluding tert-OH is 1. The molecule has 3 N–H and O–H groups in total. The van der Waals surface area contributed by atoms with E-state index in [-0.39, 0.29) is 22.6 Å². The van der Waals surface area contributed by atoms with E-state index in [9.17, 15) is 20.1 Å². The van der Waals surface area contributed by atoms with E-state index in [4.69, 9.17) is 4.74 Å². The van der Waals surface area contributed by atoms with Crippen molar-refractivity contribution in [3.63, 3.8) is 0 Å². The van der Waals surface area contributed by atoms with Crippen LogP contribution in [0.15, 0.2) is 12.1 Å². The second-order valence-electron chi connectivity index (χ2n) is 3.45. The van der Waals surface area contributed by atoms with Crippen LogP contribution in [0.4, 0.5) is 0 Å². The first-order chi connectivity index (χ1) is 7.02. The van der Waals surface area contributed by atoms with Gasteiger partial charge in [-0.15, -0.1) is 0 Å². The molecule has 0 saturated heterocycles. The average Bonchev–Trinajstić information content (AvgIpc) is 2.18. The molecule has 15 heavy (non-hydrogen) atoms. The van der Waals surface area contributed by atoms with Gasteiger partial charge >= 0.3 is 5.97 Å². The molecule has 2 rings (SSSR count). The molecule has 0 saturated carbocycles. The number of hydrogen-bond acceptors (Lipinski definition) is 5. The molecular weight excluding hydrogens is 200 g/mol. The predicted molar refractivity (Wildman–Crippen MR) is 49.6 cm³/mol. The number of phenols is 2. The third kappa shape index (κ3) is 1.32. The van der Waals surface area contributed by atoms with E-state index in [2.05, 4.69) is 0 Å². The molecule has 0 spiro atoms. The Morgan fingerprint density at radius 2 is 1.87 bits per heavy atom. The Kier molecular flexibility index (Phi) is 2.04. The second kappa shape index (κ2) is 3.13. The maximum atomic E-state index is 11.4. The van der Waals surface area contributed by atoms with Gasteiger partial charge in [0.25, 0.3) is 0 Å². The van der Waals surface area contributed by atoms with Gasteiger partial charge in [-0.1, -0.05) is 0 Å². The van der Waals surface area contributed by atoms with Gasteiger partial charge in [-0.05, 0) is 19.1 Å². The molecule has 0 aliphatic carbocycles. The predicted octanol–water partition coefficient (Wildman–Crippen LogP) is 0.690. The zero-order chi connectivity index (χ0) is 11.2. The highest BCUT2D eigenvalue weighted by molar-refractivity contribution is 5.96. The Hall–Kier alpha value is -1.75. The normalized spacial score (nSPS) is 24.5. The smallest absolute Gasteiger partial charge is 0.342 e. The first-order valence-corrected chi connectivity index (χ1v) is 4.46. The van der Waals surface area contributed by atoms with E-state index in [1.165, 1.54) is 19.1 Å². The van der Waals surface area contributed by atoms with Crippen molar-refractivity contribution in [3.05, 3.63) is 23.3 Å². The van der Waals surface area contributed by atoms with Crippen molar-refractivity contribution in [3.8, 4) is 11.5 Å². The topological polar surface area (TPSA) is 87.0 Å². The van der Waals surface area contributed by atoms with Crippen LogP contribution >= 0.6 is 0 Å². The molecular formula is C10H10O5. The molecule has 0 fully saturated rings. The highest BCUT2D eigenvalue weighted by atomic mass is 16.6. The molecule has 5 nitrogen and oxygen atoms in total. The van der Waals surface area contributed by atoms with E-state index in [0.29, 0.717) is 0 Å². The van der Waals surface area contributed by atoms with Gasteiger partial charge in [-0.2, -0.15) is 0 Å².